The number of esters is 1. The highest BCUT2D eigenvalue weighted by molar-refractivity contribution is 6.33. The molecule has 3 aromatic carbocycles. The molecule has 0 unspecified atom stereocenters. The van der Waals surface area contributed by atoms with Gasteiger partial charge in [-0.2, -0.15) is 5.10 Å². The Hall–Kier alpha value is -3.84. The first-order chi connectivity index (χ1) is 15.5. The van der Waals surface area contributed by atoms with Crippen LogP contribution in [0.25, 0.3) is 0 Å². The van der Waals surface area contributed by atoms with E-state index in [2.05, 4.69) is 10.5 Å². The first-order valence-corrected chi connectivity index (χ1v) is 10.00. The second-order valence-corrected chi connectivity index (χ2v) is 7.08. The highest BCUT2D eigenvalue weighted by Crippen LogP contribution is 2.29. The lowest BCUT2D eigenvalue weighted by Crippen LogP contribution is -2.24. The summed E-state index contributed by atoms with van der Waals surface area (Å²) < 4.78 is 16.1. The van der Waals surface area contributed by atoms with Crippen molar-refractivity contribution >= 4 is 29.7 Å². The van der Waals surface area contributed by atoms with Crippen molar-refractivity contribution in [1.29, 1.82) is 0 Å². The van der Waals surface area contributed by atoms with E-state index in [9.17, 15) is 9.59 Å². The molecule has 0 heterocycles. The third-order valence-electron chi connectivity index (χ3n) is 4.28. The minimum atomic E-state index is -0.601. The lowest BCUT2D eigenvalue weighted by molar-refractivity contribution is -0.123. The van der Waals surface area contributed by atoms with Crippen molar-refractivity contribution in [2.75, 3.05) is 13.7 Å². The minimum Gasteiger partial charge on any atom is -0.493 e. The average Bonchev–Trinajstić information content (AvgIpc) is 2.79. The predicted octanol–water partition coefficient (Wildman–Crippen LogP) is 4.41. The molecule has 0 atom stereocenters. The van der Waals surface area contributed by atoms with E-state index >= 15 is 0 Å². The van der Waals surface area contributed by atoms with Crippen molar-refractivity contribution in [3.05, 3.63) is 88.4 Å². The quantitative estimate of drug-likeness (QED) is 0.237. The Kier molecular flexibility index (Phi) is 7.83. The number of benzene rings is 3. The monoisotopic (exact) mass is 452 g/mol. The molecule has 0 saturated heterocycles. The lowest BCUT2D eigenvalue weighted by Gasteiger charge is -2.10. The van der Waals surface area contributed by atoms with E-state index in [0.29, 0.717) is 22.1 Å². The first kappa shape index (κ1) is 22.8. The molecule has 3 rings (SSSR count). The van der Waals surface area contributed by atoms with Crippen LogP contribution in [0.2, 0.25) is 5.02 Å². The van der Waals surface area contributed by atoms with Crippen LogP contribution in [0.5, 0.6) is 17.2 Å². The summed E-state index contributed by atoms with van der Waals surface area (Å²) in [6.45, 7) is 1.80. The molecule has 1 amide bonds. The molecular weight excluding hydrogens is 432 g/mol. The van der Waals surface area contributed by atoms with E-state index in [4.69, 9.17) is 25.8 Å². The number of nitrogens with one attached hydrogen (secondary N) is 1. The van der Waals surface area contributed by atoms with Crippen molar-refractivity contribution in [2.24, 2.45) is 5.10 Å². The maximum absolute atomic E-state index is 12.4. The highest BCUT2D eigenvalue weighted by atomic mass is 35.5. The topological polar surface area (TPSA) is 86.2 Å². The summed E-state index contributed by atoms with van der Waals surface area (Å²) in [5.74, 6) is 0.144. The Morgan fingerprint density at radius 2 is 1.78 bits per heavy atom. The van der Waals surface area contributed by atoms with Gasteiger partial charge in [0.2, 0.25) is 0 Å². The third-order valence-corrected chi connectivity index (χ3v) is 4.61. The lowest BCUT2D eigenvalue weighted by atomic mass is 10.2. The number of carbonyl (C=O) groups excluding carboxylic acids is 2. The van der Waals surface area contributed by atoms with Crippen LogP contribution in [-0.2, 0) is 4.79 Å². The van der Waals surface area contributed by atoms with Crippen molar-refractivity contribution in [3.63, 3.8) is 0 Å². The summed E-state index contributed by atoms with van der Waals surface area (Å²) >= 11 is 6.04. The summed E-state index contributed by atoms with van der Waals surface area (Å²) in [4.78, 5) is 24.3. The van der Waals surface area contributed by atoms with Gasteiger partial charge < -0.3 is 14.2 Å². The molecule has 0 fully saturated rings. The second-order valence-electron chi connectivity index (χ2n) is 6.67. The Balaban J connectivity index is 1.57. The summed E-state index contributed by atoms with van der Waals surface area (Å²) in [6.07, 6.45) is 1.44. The van der Waals surface area contributed by atoms with E-state index in [1.165, 1.54) is 13.3 Å². The van der Waals surface area contributed by atoms with Crippen LogP contribution >= 0.6 is 11.6 Å². The molecule has 0 saturated carbocycles. The molecule has 8 heteroatoms. The molecule has 0 spiro atoms. The molecule has 0 aliphatic rings. The van der Waals surface area contributed by atoms with Gasteiger partial charge in [-0.05, 0) is 55.0 Å². The molecule has 32 heavy (non-hydrogen) atoms. The minimum absolute atomic E-state index is 0.166. The van der Waals surface area contributed by atoms with Gasteiger partial charge in [-0.1, -0.05) is 41.4 Å². The number of nitrogens with zero attached hydrogens (tertiary/aromatic N) is 1. The Bertz CT molecular complexity index is 1130. The van der Waals surface area contributed by atoms with Crippen molar-refractivity contribution in [2.45, 2.75) is 6.92 Å². The zero-order valence-corrected chi connectivity index (χ0v) is 18.3. The molecule has 0 radical (unpaired) electrons. The molecule has 0 bridgehead atoms. The van der Waals surface area contributed by atoms with Gasteiger partial charge in [0, 0.05) is 0 Å². The van der Waals surface area contributed by atoms with Gasteiger partial charge >= 0.3 is 5.97 Å². The Morgan fingerprint density at radius 1 is 1.03 bits per heavy atom. The van der Waals surface area contributed by atoms with E-state index in [1.807, 2.05) is 19.1 Å². The Labute approximate surface area is 190 Å². The van der Waals surface area contributed by atoms with Gasteiger partial charge in [0.1, 0.15) is 5.75 Å². The number of hydrogen-bond acceptors (Lipinski definition) is 6. The number of methoxy groups -OCH3 is 1. The fourth-order valence-corrected chi connectivity index (χ4v) is 2.84. The number of amides is 1. The standard InChI is InChI=1S/C24H21ClN2O5/c1-16-7-10-18(11-8-16)31-15-23(28)27-26-14-17-9-12-21(22(13-17)30-2)32-24(29)19-5-3-4-6-20(19)25/h3-14H,15H2,1-2H3,(H,27,28)/b26-14+. The van der Waals surface area contributed by atoms with Crippen LogP contribution in [0, 0.1) is 6.92 Å². The van der Waals surface area contributed by atoms with Gasteiger partial charge in [0.15, 0.2) is 18.1 Å². The second kappa shape index (κ2) is 11.0. The SMILES string of the molecule is COc1cc(/C=N/NC(=O)COc2ccc(C)cc2)ccc1OC(=O)c1ccccc1Cl. The number of hydrazone groups is 1. The number of ether oxygens (including phenoxy) is 3. The van der Waals surface area contributed by atoms with Crippen LogP contribution in [0.3, 0.4) is 0 Å². The molecule has 0 aliphatic heterocycles. The van der Waals surface area contributed by atoms with Crippen LogP contribution in [0.1, 0.15) is 21.5 Å². The van der Waals surface area contributed by atoms with Crippen LogP contribution in [-0.4, -0.2) is 31.8 Å². The third kappa shape index (κ3) is 6.33. The van der Waals surface area contributed by atoms with Gasteiger partial charge in [-0.25, -0.2) is 10.2 Å². The summed E-state index contributed by atoms with van der Waals surface area (Å²) in [5.41, 5.74) is 4.36. The fourth-order valence-electron chi connectivity index (χ4n) is 2.62. The van der Waals surface area contributed by atoms with Crippen molar-refractivity contribution in [1.82, 2.24) is 5.43 Å². The van der Waals surface area contributed by atoms with E-state index in [1.54, 1.807) is 54.6 Å². The van der Waals surface area contributed by atoms with Crippen molar-refractivity contribution < 1.29 is 23.8 Å². The number of carbonyl (C=O) groups is 2. The predicted molar refractivity (Wildman–Crippen MR) is 122 cm³/mol. The normalized spacial score (nSPS) is 10.6. The van der Waals surface area contributed by atoms with Crippen LogP contribution in [0.15, 0.2) is 71.8 Å². The maximum atomic E-state index is 12.4. The van der Waals surface area contributed by atoms with E-state index in [0.717, 1.165) is 5.56 Å². The molecular formula is C24H21ClN2O5. The number of halogens is 1. The van der Waals surface area contributed by atoms with E-state index in [-0.39, 0.29) is 17.9 Å². The molecule has 1 N–H and O–H groups in total. The van der Waals surface area contributed by atoms with Crippen molar-refractivity contribution in [3.8, 4) is 17.2 Å². The summed E-state index contributed by atoms with van der Waals surface area (Å²) in [5, 5.41) is 4.20. The number of rotatable bonds is 8. The molecule has 0 aromatic heterocycles. The number of hydrogen-bond donors (Lipinski definition) is 1. The molecule has 3 aromatic rings. The highest BCUT2D eigenvalue weighted by Gasteiger charge is 2.15. The molecule has 164 valence electrons. The summed E-state index contributed by atoms with van der Waals surface area (Å²) in [6, 6.07) is 18.8. The molecule has 0 aliphatic carbocycles. The van der Waals surface area contributed by atoms with Crippen LogP contribution in [0.4, 0.5) is 0 Å². The van der Waals surface area contributed by atoms with E-state index < -0.39 is 11.9 Å². The Morgan fingerprint density at radius 3 is 2.50 bits per heavy atom. The number of aryl methyl sites for hydroxylation is 1. The fraction of sp³-hybridized carbons (Fsp3) is 0.125. The summed E-state index contributed by atoms with van der Waals surface area (Å²) in [7, 11) is 1.45. The van der Waals surface area contributed by atoms with Crippen LogP contribution < -0.4 is 19.6 Å². The van der Waals surface area contributed by atoms with Gasteiger partial charge in [-0.3, -0.25) is 4.79 Å². The zero-order valence-electron chi connectivity index (χ0n) is 17.5. The largest absolute Gasteiger partial charge is 0.493 e. The van der Waals surface area contributed by atoms with Gasteiger partial charge in [-0.15, -0.1) is 0 Å². The average molecular weight is 453 g/mol. The smallest absolute Gasteiger partial charge is 0.345 e. The molecule has 7 nitrogen and oxygen atoms in total. The van der Waals surface area contributed by atoms with Gasteiger partial charge in [0.05, 0.1) is 23.9 Å². The maximum Gasteiger partial charge on any atom is 0.345 e. The zero-order chi connectivity index (χ0) is 22.9. The first-order valence-electron chi connectivity index (χ1n) is 9.62. The van der Waals surface area contributed by atoms with Gasteiger partial charge in [0.25, 0.3) is 5.91 Å².